The van der Waals surface area contributed by atoms with Gasteiger partial charge in [-0.2, -0.15) is 0 Å². The minimum Gasteiger partial charge on any atom is -0.489 e. The number of nitrogens with zero attached hydrogens (tertiary/aromatic N) is 1. The summed E-state index contributed by atoms with van der Waals surface area (Å²) in [6.45, 7) is 10.8. The fourth-order valence-corrected chi connectivity index (χ4v) is 5.50. The largest absolute Gasteiger partial charge is 0.489 e. The normalized spacial score (nSPS) is 27.1. The van der Waals surface area contributed by atoms with Crippen molar-refractivity contribution in [1.82, 2.24) is 4.57 Å². The molecule has 0 saturated carbocycles. The SMILES string of the molecule is CCC1(C)OC(C)=CC(c2ccc(-n3c4c(c5ccccc53)C=CCC4)cc2)OC1(C)CC. The van der Waals surface area contributed by atoms with E-state index in [1.54, 1.807) is 0 Å². The van der Waals surface area contributed by atoms with Gasteiger partial charge in [0.05, 0.1) is 11.3 Å². The van der Waals surface area contributed by atoms with Crippen molar-refractivity contribution in [3.05, 3.63) is 83.3 Å². The summed E-state index contributed by atoms with van der Waals surface area (Å²) in [4.78, 5) is 0. The van der Waals surface area contributed by atoms with Crippen LogP contribution < -0.4 is 0 Å². The van der Waals surface area contributed by atoms with Crippen molar-refractivity contribution in [2.75, 3.05) is 0 Å². The minimum atomic E-state index is -0.374. The Morgan fingerprint density at radius 3 is 2.42 bits per heavy atom. The number of hydrogen-bond acceptors (Lipinski definition) is 2. The average Bonchev–Trinajstić information content (AvgIpc) is 3.12. The topological polar surface area (TPSA) is 23.4 Å². The standard InChI is InChI=1S/C30H35NO2/c1-6-29(4)30(5,7-2)33-28(20-21(3)32-29)22-16-18-23(19-17-22)31-26-14-10-8-12-24(26)25-13-9-11-15-27(25)31/h8-10,12-14,16-20,28H,6-7,11,15H2,1-5H3. The lowest BCUT2D eigenvalue weighted by atomic mass is 9.81. The van der Waals surface area contributed by atoms with E-state index in [4.69, 9.17) is 9.47 Å². The molecule has 3 nitrogen and oxygen atoms in total. The number of aromatic nitrogens is 1. The molecule has 0 saturated heterocycles. The highest BCUT2D eigenvalue weighted by Gasteiger charge is 2.48. The van der Waals surface area contributed by atoms with Crippen molar-refractivity contribution in [3.63, 3.8) is 0 Å². The summed E-state index contributed by atoms with van der Waals surface area (Å²) in [6, 6.07) is 17.6. The number of rotatable bonds is 4. The van der Waals surface area contributed by atoms with Crippen LogP contribution in [0.1, 0.15) is 76.8 Å². The molecule has 172 valence electrons. The molecule has 1 aromatic heterocycles. The van der Waals surface area contributed by atoms with Gasteiger partial charge in [-0.05, 0) is 76.3 Å². The lowest BCUT2D eigenvalue weighted by Gasteiger charge is -2.45. The summed E-state index contributed by atoms with van der Waals surface area (Å²) >= 11 is 0. The van der Waals surface area contributed by atoms with E-state index in [0.29, 0.717) is 0 Å². The van der Waals surface area contributed by atoms with Gasteiger partial charge in [0.1, 0.15) is 17.3 Å². The van der Waals surface area contributed by atoms with Gasteiger partial charge >= 0.3 is 0 Å². The molecule has 0 radical (unpaired) electrons. The van der Waals surface area contributed by atoms with E-state index < -0.39 is 0 Å². The van der Waals surface area contributed by atoms with Gasteiger partial charge in [0.25, 0.3) is 0 Å². The molecular weight excluding hydrogens is 406 g/mol. The first-order chi connectivity index (χ1) is 15.9. The molecule has 5 rings (SSSR count). The fraction of sp³-hybridized carbons (Fsp3) is 0.400. The van der Waals surface area contributed by atoms with Crippen LogP contribution in [0.15, 0.2) is 66.4 Å². The van der Waals surface area contributed by atoms with Gasteiger partial charge in [-0.1, -0.05) is 56.3 Å². The van der Waals surface area contributed by atoms with Crippen LogP contribution in [0.2, 0.25) is 0 Å². The van der Waals surface area contributed by atoms with E-state index >= 15 is 0 Å². The quantitative estimate of drug-likeness (QED) is 0.410. The third kappa shape index (κ3) is 3.54. The third-order valence-corrected chi connectivity index (χ3v) is 7.96. The Kier molecular flexibility index (Phi) is 5.49. The predicted octanol–water partition coefficient (Wildman–Crippen LogP) is 7.92. The van der Waals surface area contributed by atoms with Crippen molar-refractivity contribution in [1.29, 1.82) is 0 Å². The van der Waals surface area contributed by atoms with Crippen LogP contribution in [-0.2, 0) is 15.9 Å². The molecule has 0 amide bonds. The van der Waals surface area contributed by atoms with Gasteiger partial charge in [0.2, 0.25) is 0 Å². The fourth-order valence-electron chi connectivity index (χ4n) is 5.50. The molecule has 0 bridgehead atoms. The molecule has 1 aliphatic heterocycles. The predicted molar refractivity (Wildman–Crippen MR) is 137 cm³/mol. The number of fused-ring (bicyclic) bond motifs is 3. The lowest BCUT2D eigenvalue weighted by Crippen LogP contribution is -2.52. The van der Waals surface area contributed by atoms with Crippen LogP contribution in [0.3, 0.4) is 0 Å². The molecule has 2 aliphatic rings. The first kappa shape index (κ1) is 22.0. The van der Waals surface area contributed by atoms with E-state index in [-0.39, 0.29) is 17.3 Å². The van der Waals surface area contributed by atoms with Crippen LogP contribution in [-0.4, -0.2) is 15.8 Å². The maximum absolute atomic E-state index is 6.79. The smallest absolute Gasteiger partial charge is 0.134 e. The zero-order valence-corrected chi connectivity index (χ0v) is 20.5. The summed E-state index contributed by atoms with van der Waals surface area (Å²) in [5, 5.41) is 1.33. The van der Waals surface area contributed by atoms with Crippen molar-refractivity contribution in [2.24, 2.45) is 0 Å². The summed E-state index contributed by atoms with van der Waals surface area (Å²) in [5.74, 6) is 0.933. The first-order valence-corrected chi connectivity index (χ1v) is 12.3. The second kappa shape index (κ2) is 8.22. The Hall–Kier alpha value is -2.78. The Morgan fingerprint density at radius 1 is 0.970 bits per heavy atom. The molecule has 3 aromatic rings. The van der Waals surface area contributed by atoms with E-state index in [1.807, 2.05) is 6.92 Å². The van der Waals surface area contributed by atoms with Crippen LogP contribution >= 0.6 is 0 Å². The van der Waals surface area contributed by atoms with Crippen LogP contribution in [0.4, 0.5) is 0 Å². The van der Waals surface area contributed by atoms with Gasteiger partial charge in [0, 0.05) is 22.3 Å². The van der Waals surface area contributed by atoms with Gasteiger partial charge in [-0.3, -0.25) is 0 Å². The highest BCUT2D eigenvalue weighted by atomic mass is 16.6. The van der Waals surface area contributed by atoms with E-state index in [2.05, 4.69) is 99.0 Å². The Bertz CT molecular complexity index is 1230. The maximum Gasteiger partial charge on any atom is 0.134 e. The van der Waals surface area contributed by atoms with E-state index in [1.165, 1.54) is 27.8 Å². The molecule has 3 unspecified atom stereocenters. The first-order valence-electron chi connectivity index (χ1n) is 12.3. The van der Waals surface area contributed by atoms with Crippen molar-refractivity contribution < 1.29 is 9.47 Å². The molecular formula is C30H35NO2. The monoisotopic (exact) mass is 441 g/mol. The number of ether oxygens (including phenoxy) is 2. The summed E-state index contributed by atoms with van der Waals surface area (Å²) < 4.78 is 15.6. The lowest BCUT2D eigenvalue weighted by molar-refractivity contribution is -0.183. The summed E-state index contributed by atoms with van der Waals surface area (Å²) in [7, 11) is 0. The molecule has 33 heavy (non-hydrogen) atoms. The molecule has 2 aromatic carbocycles. The summed E-state index contributed by atoms with van der Waals surface area (Å²) in [5.41, 5.74) is 5.67. The van der Waals surface area contributed by atoms with E-state index in [0.717, 1.165) is 37.0 Å². The highest BCUT2D eigenvalue weighted by Crippen LogP contribution is 2.44. The molecule has 0 spiro atoms. The van der Waals surface area contributed by atoms with Crippen LogP contribution in [0.5, 0.6) is 0 Å². The number of benzene rings is 2. The van der Waals surface area contributed by atoms with Gasteiger partial charge in [0.15, 0.2) is 0 Å². The van der Waals surface area contributed by atoms with Crippen LogP contribution in [0, 0.1) is 0 Å². The second-order valence-corrected chi connectivity index (χ2v) is 9.83. The van der Waals surface area contributed by atoms with Crippen LogP contribution in [0.25, 0.3) is 22.7 Å². The van der Waals surface area contributed by atoms with Crippen molar-refractivity contribution in [3.8, 4) is 5.69 Å². The average molecular weight is 442 g/mol. The zero-order chi connectivity index (χ0) is 23.2. The summed E-state index contributed by atoms with van der Waals surface area (Å²) in [6.07, 6.45) is 10.5. The van der Waals surface area contributed by atoms with Crippen molar-refractivity contribution in [2.45, 2.75) is 77.6 Å². The number of allylic oxidation sites excluding steroid dienone is 2. The molecule has 0 fully saturated rings. The zero-order valence-electron chi connectivity index (χ0n) is 20.5. The van der Waals surface area contributed by atoms with Crippen molar-refractivity contribution >= 4 is 17.0 Å². The van der Waals surface area contributed by atoms with Gasteiger partial charge in [-0.25, -0.2) is 0 Å². The van der Waals surface area contributed by atoms with E-state index in [9.17, 15) is 0 Å². The van der Waals surface area contributed by atoms with Gasteiger partial charge in [-0.15, -0.1) is 0 Å². The Morgan fingerprint density at radius 2 is 1.70 bits per heavy atom. The Balaban J connectivity index is 1.54. The molecule has 2 heterocycles. The number of para-hydroxylation sites is 1. The minimum absolute atomic E-state index is 0.129. The van der Waals surface area contributed by atoms with Gasteiger partial charge < -0.3 is 14.0 Å². The Labute approximate surface area is 197 Å². The molecule has 0 N–H and O–H groups in total. The third-order valence-electron chi connectivity index (χ3n) is 7.96. The maximum atomic E-state index is 6.79. The second-order valence-electron chi connectivity index (χ2n) is 9.83. The molecule has 3 atom stereocenters. The molecule has 1 aliphatic carbocycles. The highest BCUT2D eigenvalue weighted by molar-refractivity contribution is 5.93. The molecule has 3 heteroatoms. The number of hydrogen-bond donors (Lipinski definition) is 0.